The third-order valence-corrected chi connectivity index (χ3v) is 4.83. The Kier molecular flexibility index (Phi) is 5.12. The highest BCUT2D eigenvalue weighted by molar-refractivity contribution is 6.30. The van der Waals surface area contributed by atoms with Crippen molar-refractivity contribution in [1.82, 2.24) is 8.97 Å². The summed E-state index contributed by atoms with van der Waals surface area (Å²) >= 11 is 5.99. The number of nitrogens with zero attached hydrogens (tertiary/aromatic N) is 2. The lowest BCUT2D eigenvalue weighted by molar-refractivity contribution is 0.102. The molecule has 0 spiro atoms. The van der Waals surface area contributed by atoms with Crippen LogP contribution in [0.25, 0.3) is 5.52 Å². The Labute approximate surface area is 175 Å². The average Bonchev–Trinajstić information content (AvgIpc) is 2.73. The van der Waals surface area contributed by atoms with Crippen LogP contribution in [0, 0.1) is 0 Å². The molecule has 0 atom stereocenters. The molecule has 30 heavy (non-hydrogen) atoms. The lowest BCUT2D eigenvalue weighted by Gasteiger charge is -2.11. The monoisotopic (exact) mass is 421 g/mol. The molecule has 0 aliphatic heterocycles. The summed E-state index contributed by atoms with van der Waals surface area (Å²) in [6.07, 6.45) is 4.25. The molecule has 8 heteroatoms. The zero-order valence-corrected chi connectivity index (χ0v) is 16.3. The van der Waals surface area contributed by atoms with E-state index in [9.17, 15) is 19.5 Å². The molecule has 0 saturated carbocycles. The second kappa shape index (κ2) is 7.88. The van der Waals surface area contributed by atoms with Crippen LogP contribution in [-0.2, 0) is 6.54 Å². The standard InChI is InChI=1S/C22H16ClN3O4/c23-15-6-4-5-14(11-15)12-26-10-9-25-13-17(19(27)20(28)18(25)22(26)30)21(29)24-16-7-2-1-3-8-16/h1-11,13,28H,12H2,(H,24,29). The molecule has 0 fully saturated rings. The zero-order chi connectivity index (χ0) is 21.3. The van der Waals surface area contributed by atoms with Crippen molar-refractivity contribution in [1.29, 1.82) is 0 Å². The summed E-state index contributed by atoms with van der Waals surface area (Å²) in [6, 6.07) is 15.6. The van der Waals surface area contributed by atoms with Gasteiger partial charge >= 0.3 is 0 Å². The smallest absolute Gasteiger partial charge is 0.279 e. The molecule has 1 amide bonds. The number of carbonyl (C=O) groups is 1. The summed E-state index contributed by atoms with van der Waals surface area (Å²) in [4.78, 5) is 38.0. The van der Waals surface area contributed by atoms with Crippen molar-refractivity contribution >= 4 is 28.7 Å². The van der Waals surface area contributed by atoms with E-state index in [1.807, 2.05) is 6.07 Å². The topological polar surface area (TPSA) is 92.8 Å². The van der Waals surface area contributed by atoms with E-state index in [0.29, 0.717) is 10.7 Å². The average molecular weight is 422 g/mol. The van der Waals surface area contributed by atoms with Gasteiger partial charge in [0.15, 0.2) is 11.3 Å². The van der Waals surface area contributed by atoms with E-state index in [1.165, 1.54) is 27.6 Å². The van der Waals surface area contributed by atoms with E-state index < -0.39 is 22.6 Å². The van der Waals surface area contributed by atoms with Gasteiger partial charge in [-0.15, -0.1) is 0 Å². The number of anilines is 1. The van der Waals surface area contributed by atoms with Crippen molar-refractivity contribution in [3.63, 3.8) is 0 Å². The summed E-state index contributed by atoms with van der Waals surface area (Å²) in [5.41, 5.74) is -0.678. The first-order chi connectivity index (χ1) is 14.4. The molecule has 2 heterocycles. The number of amides is 1. The van der Waals surface area contributed by atoms with Crippen LogP contribution in [0.4, 0.5) is 5.69 Å². The maximum atomic E-state index is 12.9. The van der Waals surface area contributed by atoms with Crippen LogP contribution < -0.4 is 16.3 Å². The molecule has 0 aliphatic rings. The second-order valence-corrected chi connectivity index (χ2v) is 7.09. The van der Waals surface area contributed by atoms with Gasteiger partial charge in [0.1, 0.15) is 5.56 Å². The normalized spacial score (nSPS) is 10.8. The Morgan fingerprint density at radius 2 is 1.80 bits per heavy atom. The molecule has 4 aromatic rings. The minimum atomic E-state index is -0.916. The van der Waals surface area contributed by atoms with Gasteiger partial charge in [-0.3, -0.25) is 14.4 Å². The van der Waals surface area contributed by atoms with Crippen LogP contribution in [0.2, 0.25) is 5.02 Å². The number of carbonyl (C=O) groups excluding carboxylic acids is 1. The summed E-state index contributed by atoms with van der Waals surface area (Å²) in [5, 5.41) is 13.6. The minimum absolute atomic E-state index is 0.208. The Balaban J connectivity index is 1.75. The molecule has 0 unspecified atom stereocenters. The number of fused-ring (bicyclic) bond motifs is 1. The zero-order valence-electron chi connectivity index (χ0n) is 15.6. The van der Waals surface area contributed by atoms with E-state index in [4.69, 9.17) is 11.6 Å². The first kappa shape index (κ1) is 19.5. The summed E-state index contributed by atoms with van der Waals surface area (Å²) < 4.78 is 2.62. The molecule has 0 saturated heterocycles. The van der Waals surface area contributed by atoms with E-state index >= 15 is 0 Å². The Bertz CT molecular complexity index is 1380. The number of para-hydroxylation sites is 1. The fourth-order valence-corrected chi connectivity index (χ4v) is 3.36. The van der Waals surface area contributed by atoms with E-state index in [2.05, 4.69) is 5.32 Å². The molecular formula is C22H16ClN3O4. The van der Waals surface area contributed by atoms with Crippen LogP contribution in [0.15, 0.2) is 82.8 Å². The SMILES string of the molecule is O=C(Nc1ccccc1)c1cn2ccn(Cc3cccc(Cl)c3)c(=O)c2c(O)c1=O. The maximum absolute atomic E-state index is 12.9. The fraction of sp³-hybridized carbons (Fsp3) is 0.0455. The molecule has 150 valence electrons. The first-order valence-corrected chi connectivity index (χ1v) is 9.40. The number of rotatable bonds is 4. The number of halogens is 1. The number of benzene rings is 2. The van der Waals surface area contributed by atoms with E-state index in [1.54, 1.807) is 48.5 Å². The third-order valence-electron chi connectivity index (χ3n) is 4.60. The van der Waals surface area contributed by atoms with Gasteiger partial charge in [-0.2, -0.15) is 0 Å². The number of hydrogen-bond donors (Lipinski definition) is 2. The highest BCUT2D eigenvalue weighted by Crippen LogP contribution is 2.15. The maximum Gasteiger partial charge on any atom is 0.279 e. The molecule has 2 aromatic heterocycles. The molecule has 7 nitrogen and oxygen atoms in total. The van der Waals surface area contributed by atoms with Crippen molar-refractivity contribution < 1.29 is 9.90 Å². The lowest BCUT2D eigenvalue weighted by atomic mass is 10.2. The highest BCUT2D eigenvalue weighted by atomic mass is 35.5. The largest absolute Gasteiger partial charge is 0.503 e. The number of hydrogen-bond acceptors (Lipinski definition) is 4. The third kappa shape index (κ3) is 3.70. The van der Waals surface area contributed by atoms with Gasteiger partial charge in [-0.25, -0.2) is 0 Å². The Morgan fingerprint density at radius 3 is 2.53 bits per heavy atom. The molecule has 0 aliphatic carbocycles. The quantitative estimate of drug-likeness (QED) is 0.529. The lowest BCUT2D eigenvalue weighted by Crippen LogP contribution is -2.27. The number of aromatic hydroxyl groups is 1. The van der Waals surface area contributed by atoms with Crippen molar-refractivity contribution in [2.75, 3.05) is 5.32 Å². The molecular weight excluding hydrogens is 406 g/mol. The fourth-order valence-electron chi connectivity index (χ4n) is 3.14. The second-order valence-electron chi connectivity index (χ2n) is 6.66. The van der Waals surface area contributed by atoms with Gasteiger partial charge < -0.3 is 19.4 Å². The summed E-state index contributed by atoms with van der Waals surface area (Å²) in [7, 11) is 0. The van der Waals surface area contributed by atoms with Gasteiger partial charge in [-0.05, 0) is 29.8 Å². The van der Waals surface area contributed by atoms with Crippen molar-refractivity contribution in [2.45, 2.75) is 6.54 Å². The predicted molar refractivity (Wildman–Crippen MR) is 115 cm³/mol. The molecule has 2 aromatic carbocycles. The number of aromatic nitrogens is 2. The Morgan fingerprint density at radius 1 is 1.03 bits per heavy atom. The van der Waals surface area contributed by atoms with Gasteiger partial charge in [0.25, 0.3) is 11.5 Å². The van der Waals surface area contributed by atoms with E-state index in [0.717, 1.165) is 5.56 Å². The van der Waals surface area contributed by atoms with Crippen molar-refractivity contribution in [2.24, 2.45) is 0 Å². The van der Waals surface area contributed by atoms with E-state index in [-0.39, 0.29) is 17.6 Å². The number of nitrogens with one attached hydrogen (secondary N) is 1. The van der Waals surface area contributed by atoms with Gasteiger partial charge in [0.2, 0.25) is 5.43 Å². The van der Waals surface area contributed by atoms with Crippen LogP contribution in [-0.4, -0.2) is 20.0 Å². The Hall–Kier alpha value is -3.84. The van der Waals surface area contributed by atoms with Crippen LogP contribution >= 0.6 is 11.6 Å². The van der Waals surface area contributed by atoms with Crippen molar-refractivity contribution in [3.05, 3.63) is 110 Å². The van der Waals surface area contributed by atoms with Gasteiger partial charge in [-0.1, -0.05) is 41.9 Å². The molecule has 0 radical (unpaired) electrons. The van der Waals surface area contributed by atoms with Crippen LogP contribution in [0.1, 0.15) is 15.9 Å². The number of pyridine rings is 1. The van der Waals surface area contributed by atoms with Crippen LogP contribution in [0.3, 0.4) is 0 Å². The van der Waals surface area contributed by atoms with Gasteiger partial charge in [0.05, 0.1) is 6.54 Å². The first-order valence-electron chi connectivity index (χ1n) is 9.02. The van der Waals surface area contributed by atoms with Gasteiger partial charge in [0, 0.05) is 29.3 Å². The summed E-state index contributed by atoms with van der Waals surface area (Å²) in [6.45, 7) is 0.208. The van der Waals surface area contributed by atoms with Crippen LogP contribution in [0.5, 0.6) is 5.75 Å². The highest BCUT2D eigenvalue weighted by Gasteiger charge is 2.19. The minimum Gasteiger partial charge on any atom is -0.503 e. The molecule has 0 bridgehead atoms. The summed E-state index contributed by atoms with van der Waals surface area (Å²) in [5.74, 6) is -1.46. The molecule has 2 N–H and O–H groups in total. The van der Waals surface area contributed by atoms with Crippen molar-refractivity contribution in [3.8, 4) is 5.75 Å². The predicted octanol–water partition coefficient (Wildman–Crippen LogP) is 3.12. The molecule has 4 rings (SSSR count).